The second-order valence-corrected chi connectivity index (χ2v) is 10.5. The predicted molar refractivity (Wildman–Crippen MR) is 118 cm³/mol. The molecule has 0 aromatic heterocycles. The molecule has 2 amide bonds. The molecule has 1 unspecified atom stereocenters. The standard InChI is InChI=1S/C21H29FN4O5S/c1-5-32(30,31)24-11-6-12-26-19(29)17(27)16(25-20(26)21(2,3)4)18(28)23-13-14-7-9-15(22)10-8-14/h7-10,16,24H,5-6,11-13H2,1-4H3,(H,23,28). The molecule has 1 aromatic rings. The number of nitrogens with zero attached hydrogens (tertiary/aromatic N) is 2. The predicted octanol–water partition coefficient (Wildman–Crippen LogP) is 0.996. The molecular formula is C21H29FN4O5S. The zero-order chi connectivity index (χ0) is 24.1. The first-order chi connectivity index (χ1) is 14.9. The van der Waals surface area contributed by atoms with E-state index in [1.165, 1.54) is 36.1 Å². The zero-order valence-corrected chi connectivity index (χ0v) is 19.5. The van der Waals surface area contributed by atoms with Crippen LogP contribution in [0.15, 0.2) is 29.3 Å². The largest absolute Gasteiger partial charge is 0.350 e. The van der Waals surface area contributed by atoms with Gasteiger partial charge in [-0.1, -0.05) is 32.9 Å². The van der Waals surface area contributed by atoms with Crippen LogP contribution in [0.3, 0.4) is 0 Å². The lowest BCUT2D eigenvalue weighted by atomic mass is 9.91. The van der Waals surface area contributed by atoms with E-state index in [4.69, 9.17) is 0 Å². The number of hydrogen-bond acceptors (Lipinski definition) is 6. The van der Waals surface area contributed by atoms with Crippen LogP contribution in [0, 0.1) is 11.2 Å². The van der Waals surface area contributed by atoms with Gasteiger partial charge in [-0.05, 0) is 31.0 Å². The van der Waals surface area contributed by atoms with Gasteiger partial charge in [0.05, 0.1) is 5.75 Å². The lowest BCUT2D eigenvalue weighted by Crippen LogP contribution is -2.57. The molecule has 0 fully saturated rings. The Bertz CT molecular complexity index is 1000. The summed E-state index contributed by atoms with van der Waals surface area (Å²) in [5, 5.41) is 2.56. The lowest BCUT2D eigenvalue weighted by molar-refractivity contribution is -0.146. The molecule has 0 spiro atoms. The Balaban J connectivity index is 2.14. The van der Waals surface area contributed by atoms with Crippen LogP contribution in [-0.4, -0.2) is 61.6 Å². The van der Waals surface area contributed by atoms with Crippen molar-refractivity contribution in [3.05, 3.63) is 35.6 Å². The number of rotatable bonds is 9. The number of benzene rings is 1. The van der Waals surface area contributed by atoms with E-state index < -0.39 is 44.9 Å². The van der Waals surface area contributed by atoms with E-state index in [1.54, 1.807) is 20.8 Å². The number of aliphatic imine (C=N–C) groups is 1. The van der Waals surface area contributed by atoms with Crippen LogP contribution in [-0.2, 0) is 31.0 Å². The molecule has 2 N–H and O–H groups in total. The van der Waals surface area contributed by atoms with Gasteiger partial charge in [0.1, 0.15) is 11.7 Å². The van der Waals surface area contributed by atoms with Gasteiger partial charge in [-0.15, -0.1) is 0 Å². The number of carbonyl (C=O) groups excluding carboxylic acids is 3. The Labute approximate surface area is 187 Å². The van der Waals surface area contributed by atoms with Crippen LogP contribution < -0.4 is 10.0 Å². The highest BCUT2D eigenvalue weighted by Crippen LogP contribution is 2.24. The molecule has 0 aliphatic carbocycles. The van der Waals surface area contributed by atoms with Crippen LogP contribution in [0.5, 0.6) is 0 Å². The molecule has 1 aliphatic rings. The van der Waals surface area contributed by atoms with E-state index in [2.05, 4.69) is 15.0 Å². The fourth-order valence-electron chi connectivity index (χ4n) is 3.04. The van der Waals surface area contributed by atoms with Gasteiger partial charge in [0.2, 0.25) is 10.0 Å². The third-order valence-corrected chi connectivity index (χ3v) is 6.18. The minimum atomic E-state index is -3.36. The highest BCUT2D eigenvalue weighted by atomic mass is 32.2. The summed E-state index contributed by atoms with van der Waals surface area (Å²) in [5.74, 6) is -2.71. The number of Topliss-reactive ketones (excluding diaryl/α,β-unsaturated/α-hetero) is 1. The van der Waals surface area contributed by atoms with Crippen molar-refractivity contribution < 1.29 is 27.2 Å². The average Bonchev–Trinajstić information content (AvgIpc) is 2.72. The molecular weight excluding hydrogens is 439 g/mol. The Morgan fingerprint density at radius 3 is 2.38 bits per heavy atom. The maximum atomic E-state index is 13.0. The van der Waals surface area contributed by atoms with Crippen LogP contribution >= 0.6 is 0 Å². The van der Waals surface area contributed by atoms with Gasteiger partial charge in [-0.25, -0.2) is 22.5 Å². The van der Waals surface area contributed by atoms with Gasteiger partial charge in [0, 0.05) is 25.0 Å². The van der Waals surface area contributed by atoms with Crippen LogP contribution in [0.25, 0.3) is 0 Å². The fraction of sp³-hybridized carbons (Fsp3) is 0.524. The topological polar surface area (TPSA) is 125 Å². The van der Waals surface area contributed by atoms with Crippen LogP contribution in [0.4, 0.5) is 4.39 Å². The van der Waals surface area contributed by atoms with Crippen LogP contribution in [0.2, 0.25) is 0 Å². The molecule has 1 aromatic carbocycles. The minimum Gasteiger partial charge on any atom is -0.350 e. The van der Waals surface area contributed by atoms with Gasteiger partial charge >= 0.3 is 0 Å². The molecule has 0 saturated carbocycles. The van der Waals surface area contributed by atoms with E-state index in [0.717, 1.165) is 0 Å². The molecule has 0 radical (unpaired) electrons. The van der Waals surface area contributed by atoms with Crippen molar-refractivity contribution in [1.29, 1.82) is 0 Å². The second-order valence-electron chi connectivity index (χ2n) is 8.42. The molecule has 176 valence electrons. The molecule has 1 heterocycles. The summed E-state index contributed by atoms with van der Waals surface area (Å²) in [6.45, 7) is 7.16. The maximum absolute atomic E-state index is 13.0. The summed E-state index contributed by atoms with van der Waals surface area (Å²) >= 11 is 0. The number of sulfonamides is 1. The van der Waals surface area contributed by atoms with Gasteiger partial charge < -0.3 is 5.32 Å². The van der Waals surface area contributed by atoms with Gasteiger partial charge in [-0.3, -0.25) is 19.3 Å². The van der Waals surface area contributed by atoms with Crippen LogP contribution in [0.1, 0.15) is 39.7 Å². The quantitative estimate of drug-likeness (QED) is 0.318. The SMILES string of the molecule is CCS(=O)(=O)NCCCN1C(=O)C(=O)C(C(=O)NCc2ccc(F)cc2)N=C1C(C)(C)C. The molecule has 11 heteroatoms. The molecule has 0 bridgehead atoms. The lowest BCUT2D eigenvalue weighted by Gasteiger charge is -2.36. The number of amidine groups is 1. The third kappa shape index (κ3) is 6.67. The first-order valence-corrected chi connectivity index (χ1v) is 11.9. The normalized spacial score (nSPS) is 17.3. The Kier molecular flexibility index (Phi) is 8.24. The number of ketones is 1. The summed E-state index contributed by atoms with van der Waals surface area (Å²) in [4.78, 5) is 43.5. The summed E-state index contributed by atoms with van der Waals surface area (Å²) < 4.78 is 38.5. The van der Waals surface area contributed by atoms with E-state index in [0.29, 0.717) is 5.56 Å². The fourth-order valence-corrected chi connectivity index (χ4v) is 3.69. The minimum absolute atomic E-state index is 0.0543. The molecule has 9 nitrogen and oxygen atoms in total. The van der Waals surface area contributed by atoms with E-state index >= 15 is 0 Å². The number of nitrogens with one attached hydrogen (secondary N) is 2. The summed E-state index contributed by atoms with van der Waals surface area (Å²) in [6, 6.07) is 4.01. The summed E-state index contributed by atoms with van der Waals surface area (Å²) in [7, 11) is -3.36. The van der Waals surface area contributed by atoms with Crippen molar-refractivity contribution >= 4 is 33.5 Å². The second kappa shape index (κ2) is 10.3. The number of hydrogen-bond donors (Lipinski definition) is 2. The van der Waals surface area contributed by atoms with Crippen molar-refractivity contribution in [3.63, 3.8) is 0 Å². The first kappa shape index (κ1) is 25.6. The van der Waals surface area contributed by atoms with Crippen molar-refractivity contribution in [2.75, 3.05) is 18.8 Å². The average molecular weight is 469 g/mol. The summed E-state index contributed by atoms with van der Waals surface area (Å²) in [6.07, 6.45) is 0.273. The smallest absolute Gasteiger partial charge is 0.298 e. The number of carbonyl (C=O) groups is 3. The van der Waals surface area contributed by atoms with Crippen molar-refractivity contribution in [3.8, 4) is 0 Å². The Morgan fingerprint density at radius 1 is 1.19 bits per heavy atom. The molecule has 32 heavy (non-hydrogen) atoms. The van der Waals surface area contributed by atoms with Crippen molar-refractivity contribution in [2.24, 2.45) is 10.4 Å². The van der Waals surface area contributed by atoms with Gasteiger partial charge in [0.25, 0.3) is 17.6 Å². The van der Waals surface area contributed by atoms with E-state index in [9.17, 15) is 27.2 Å². The van der Waals surface area contributed by atoms with Crippen molar-refractivity contribution in [1.82, 2.24) is 14.9 Å². The Hall–Kier alpha value is -2.66. The third-order valence-electron chi connectivity index (χ3n) is 4.77. The Morgan fingerprint density at radius 2 is 1.81 bits per heavy atom. The number of halogens is 1. The number of amides is 2. The van der Waals surface area contributed by atoms with E-state index in [-0.39, 0.29) is 37.6 Å². The first-order valence-electron chi connectivity index (χ1n) is 10.3. The highest BCUT2D eigenvalue weighted by molar-refractivity contribution is 7.89. The monoisotopic (exact) mass is 468 g/mol. The highest BCUT2D eigenvalue weighted by Gasteiger charge is 2.43. The molecule has 0 saturated heterocycles. The van der Waals surface area contributed by atoms with Gasteiger partial charge in [0.15, 0.2) is 6.04 Å². The van der Waals surface area contributed by atoms with Gasteiger partial charge in [-0.2, -0.15) is 0 Å². The summed E-state index contributed by atoms with van der Waals surface area (Å²) in [5.41, 5.74) is -0.0140. The van der Waals surface area contributed by atoms with Crippen molar-refractivity contribution in [2.45, 2.75) is 46.7 Å². The van der Waals surface area contributed by atoms with E-state index in [1.807, 2.05) is 0 Å². The zero-order valence-electron chi connectivity index (χ0n) is 18.6. The molecule has 1 atom stereocenters. The molecule has 1 aliphatic heterocycles. The molecule has 2 rings (SSSR count). The maximum Gasteiger partial charge on any atom is 0.298 e.